The van der Waals surface area contributed by atoms with Crippen LogP contribution in [0.15, 0.2) is 0 Å². The first-order valence-corrected chi connectivity index (χ1v) is 9.46. The third kappa shape index (κ3) is 3.19. The predicted molar refractivity (Wildman–Crippen MR) is 92.6 cm³/mol. The van der Waals surface area contributed by atoms with Gasteiger partial charge in [0.1, 0.15) is 0 Å². The van der Waals surface area contributed by atoms with Gasteiger partial charge in [0.25, 0.3) is 0 Å². The molecule has 0 saturated carbocycles. The van der Waals surface area contributed by atoms with E-state index in [2.05, 4.69) is 38.7 Å². The molecule has 3 aliphatic rings. The molecule has 0 amide bonds. The highest BCUT2D eigenvalue weighted by molar-refractivity contribution is 5.27. The molecule has 0 unspecified atom stereocenters. The zero-order chi connectivity index (χ0) is 15.8. The van der Waals surface area contributed by atoms with Gasteiger partial charge in [-0.2, -0.15) is 5.10 Å². The average molecular weight is 317 g/mol. The maximum Gasteiger partial charge on any atom is 0.0797 e. The lowest BCUT2D eigenvalue weighted by molar-refractivity contribution is -0.00472. The molecule has 3 heterocycles. The van der Waals surface area contributed by atoms with Gasteiger partial charge in [-0.15, -0.1) is 0 Å². The molecule has 0 aromatic carbocycles. The Labute approximate surface area is 140 Å². The molecule has 5 nitrogen and oxygen atoms in total. The molecule has 1 aromatic heterocycles. The number of H-pyrrole nitrogens is 1. The second-order valence-electron chi connectivity index (χ2n) is 7.85. The molecule has 5 heteroatoms. The maximum absolute atomic E-state index is 4.60. The van der Waals surface area contributed by atoms with Crippen molar-refractivity contribution in [3.8, 4) is 0 Å². The van der Waals surface area contributed by atoms with E-state index in [0.717, 1.165) is 12.6 Å². The Kier molecular flexibility index (Phi) is 4.43. The minimum Gasteiger partial charge on any atom is -0.298 e. The molecule has 0 spiro atoms. The fourth-order valence-electron chi connectivity index (χ4n) is 4.41. The molecule has 0 radical (unpaired) electrons. The standard InChI is InChI=1S/C18H31N5/c1-14(2)22-7-9-23(10-8-22)15-11-21(12-15)13-18-16-5-3-4-6-17(16)19-20-18/h14-15H,3-13H2,1-2H3,(H,19,20). The molecule has 23 heavy (non-hydrogen) atoms. The highest BCUT2D eigenvalue weighted by Gasteiger charge is 2.34. The minimum absolute atomic E-state index is 0.695. The van der Waals surface area contributed by atoms with Crippen molar-refractivity contribution in [2.45, 2.75) is 58.2 Å². The SMILES string of the molecule is CC(C)N1CCN(C2CN(Cc3n[nH]c4c3CCCC4)C2)CC1. The van der Waals surface area contributed by atoms with Crippen LogP contribution in [-0.2, 0) is 19.4 Å². The van der Waals surface area contributed by atoms with Gasteiger partial charge in [0, 0.05) is 63.6 Å². The summed E-state index contributed by atoms with van der Waals surface area (Å²) in [6.45, 7) is 13.1. The topological polar surface area (TPSA) is 38.4 Å². The Morgan fingerprint density at radius 1 is 1.09 bits per heavy atom. The summed E-state index contributed by atoms with van der Waals surface area (Å²) in [5.41, 5.74) is 4.26. The summed E-state index contributed by atoms with van der Waals surface area (Å²) in [4.78, 5) is 7.88. The van der Waals surface area contributed by atoms with Crippen LogP contribution in [0.4, 0.5) is 0 Å². The van der Waals surface area contributed by atoms with E-state index in [1.165, 1.54) is 81.9 Å². The van der Waals surface area contributed by atoms with Crippen LogP contribution in [0.3, 0.4) is 0 Å². The van der Waals surface area contributed by atoms with Gasteiger partial charge >= 0.3 is 0 Å². The monoisotopic (exact) mass is 317 g/mol. The zero-order valence-corrected chi connectivity index (χ0v) is 14.7. The first kappa shape index (κ1) is 15.6. The number of piperazine rings is 1. The number of nitrogens with zero attached hydrogens (tertiary/aromatic N) is 4. The number of aromatic amines is 1. The Morgan fingerprint density at radius 3 is 2.57 bits per heavy atom. The van der Waals surface area contributed by atoms with Crippen molar-refractivity contribution in [1.82, 2.24) is 24.9 Å². The first-order valence-electron chi connectivity index (χ1n) is 9.46. The van der Waals surface area contributed by atoms with Crippen LogP contribution >= 0.6 is 0 Å². The van der Waals surface area contributed by atoms with Crippen molar-refractivity contribution < 1.29 is 0 Å². The highest BCUT2D eigenvalue weighted by atomic mass is 15.4. The van der Waals surface area contributed by atoms with Crippen LogP contribution in [0.1, 0.15) is 43.6 Å². The third-order valence-corrected chi connectivity index (χ3v) is 6.05. The lowest BCUT2D eigenvalue weighted by Crippen LogP contribution is -2.63. The summed E-state index contributed by atoms with van der Waals surface area (Å²) in [5, 5.41) is 7.88. The van der Waals surface area contributed by atoms with E-state index < -0.39 is 0 Å². The smallest absolute Gasteiger partial charge is 0.0797 e. The lowest BCUT2D eigenvalue weighted by Gasteiger charge is -2.48. The van der Waals surface area contributed by atoms with Crippen LogP contribution in [0.25, 0.3) is 0 Å². The summed E-state index contributed by atoms with van der Waals surface area (Å²) in [5.74, 6) is 0. The molecule has 1 aliphatic carbocycles. The molecule has 1 N–H and O–H groups in total. The Balaban J connectivity index is 1.25. The summed E-state index contributed by atoms with van der Waals surface area (Å²) in [6, 6.07) is 1.47. The average Bonchev–Trinajstić information content (AvgIpc) is 2.94. The summed E-state index contributed by atoms with van der Waals surface area (Å²) in [7, 11) is 0. The van der Waals surface area contributed by atoms with E-state index in [1.807, 2.05) is 0 Å². The molecule has 2 saturated heterocycles. The number of hydrogen-bond donors (Lipinski definition) is 1. The second kappa shape index (κ2) is 6.54. The molecule has 2 fully saturated rings. The number of hydrogen-bond acceptors (Lipinski definition) is 4. The zero-order valence-electron chi connectivity index (χ0n) is 14.7. The predicted octanol–water partition coefficient (Wildman–Crippen LogP) is 1.50. The van der Waals surface area contributed by atoms with Crippen molar-refractivity contribution in [2.24, 2.45) is 0 Å². The lowest BCUT2D eigenvalue weighted by atomic mass is 9.95. The van der Waals surface area contributed by atoms with Crippen molar-refractivity contribution >= 4 is 0 Å². The fraction of sp³-hybridized carbons (Fsp3) is 0.833. The number of aryl methyl sites for hydroxylation is 1. The van der Waals surface area contributed by atoms with Crippen molar-refractivity contribution in [3.63, 3.8) is 0 Å². The van der Waals surface area contributed by atoms with Gasteiger partial charge in [-0.05, 0) is 45.1 Å². The molecule has 0 bridgehead atoms. The van der Waals surface area contributed by atoms with Gasteiger partial charge in [-0.1, -0.05) is 0 Å². The molecule has 1 aromatic rings. The maximum atomic E-state index is 4.60. The number of rotatable bonds is 4. The van der Waals surface area contributed by atoms with Crippen LogP contribution < -0.4 is 0 Å². The largest absolute Gasteiger partial charge is 0.298 e. The molecule has 128 valence electrons. The Hall–Kier alpha value is -0.910. The number of aromatic nitrogens is 2. The van der Waals surface area contributed by atoms with Gasteiger partial charge < -0.3 is 0 Å². The molecule has 4 rings (SSSR count). The van der Waals surface area contributed by atoms with Crippen LogP contribution in [0.2, 0.25) is 0 Å². The van der Waals surface area contributed by atoms with Crippen molar-refractivity contribution in [2.75, 3.05) is 39.3 Å². The van der Waals surface area contributed by atoms with Gasteiger partial charge in [-0.25, -0.2) is 0 Å². The van der Waals surface area contributed by atoms with E-state index in [9.17, 15) is 0 Å². The first-order chi connectivity index (χ1) is 11.2. The van der Waals surface area contributed by atoms with Gasteiger partial charge in [-0.3, -0.25) is 19.8 Å². The third-order valence-electron chi connectivity index (χ3n) is 6.05. The molecular formula is C18H31N5. The minimum atomic E-state index is 0.695. The van der Waals surface area contributed by atoms with Gasteiger partial charge in [0.2, 0.25) is 0 Å². The van der Waals surface area contributed by atoms with Crippen LogP contribution in [0.5, 0.6) is 0 Å². The van der Waals surface area contributed by atoms with Gasteiger partial charge in [0.15, 0.2) is 0 Å². The van der Waals surface area contributed by atoms with Crippen molar-refractivity contribution in [1.29, 1.82) is 0 Å². The summed E-state index contributed by atoms with van der Waals surface area (Å²) >= 11 is 0. The van der Waals surface area contributed by atoms with Crippen LogP contribution in [-0.4, -0.2) is 76.2 Å². The van der Waals surface area contributed by atoms with E-state index in [0.29, 0.717) is 6.04 Å². The van der Waals surface area contributed by atoms with E-state index in [1.54, 1.807) is 0 Å². The van der Waals surface area contributed by atoms with Gasteiger partial charge in [0.05, 0.1) is 5.69 Å². The highest BCUT2D eigenvalue weighted by Crippen LogP contribution is 2.25. The number of nitrogens with one attached hydrogen (secondary N) is 1. The molecule has 0 atom stereocenters. The summed E-state index contributed by atoms with van der Waals surface area (Å²) in [6.07, 6.45) is 5.09. The fourth-order valence-corrected chi connectivity index (χ4v) is 4.41. The number of fused-ring (bicyclic) bond motifs is 1. The number of likely N-dealkylation sites (tertiary alicyclic amines) is 1. The Bertz CT molecular complexity index is 524. The molecule has 2 aliphatic heterocycles. The normalized spacial score (nSPS) is 24.8. The summed E-state index contributed by atoms with van der Waals surface area (Å²) < 4.78 is 0. The van der Waals surface area contributed by atoms with E-state index in [4.69, 9.17) is 0 Å². The quantitative estimate of drug-likeness (QED) is 0.913. The van der Waals surface area contributed by atoms with E-state index in [-0.39, 0.29) is 0 Å². The van der Waals surface area contributed by atoms with Crippen molar-refractivity contribution in [3.05, 3.63) is 17.0 Å². The molecular weight excluding hydrogens is 286 g/mol. The second-order valence-corrected chi connectivity index (χ2v) is 7.85. The van der Waals surface area contributed by atoms with Crippen LogP contribution in [0, 0.1) is 0 Å². The van der Waals surface area contributed by atoms with E-state index >= 15 is 0 Å². The Morgan fingerprint density at radius 2 is 1.83 bits per heavy atom.